The minimum absolute atomic E-state index is 0.00988. The SMILES string of the molecule is CCC(C)N(C(=O)c1cnn2c(-c3cnn(CC)c3C)ccnc12)C(C)CC. The van der Waals surface area contributed by atoms with Crippen LogP contribution in [-0.4, -0.2) is 47.3 Å². The molecule has 0 spiro atoms. The van der Waals surface area contributed by atoms with Gasteiger partial charge in [-0.05, 0) is 46.6 Å². The summed E-state index contributed by atoms with van der Waals surface area (Å²) in [5.74, 6) is -0.00988. The van der Waals surface area contributed by atoms with Gasteiger partial charge in [0.2, 0.25) is 0 Å². The van der Waals surface area contributed by atoms with E-state index < -0.39 is 0 Å². The summed E-state index contributed by atoms with van der Waals surface area (Å²) in [5.41, 5.74) is 4.09. The third-order valence-electron chi connectivity index (χ3n) is 5.68. The number of nitrogens with zero attached hydrogens (tertiary/aromatic N) is 6. The van der Waals surface area contributed by atoms with E-state index in [1.54, 1.807) is 16.9 Å². The summed E-state index contributed by atoms with van der Waals surface area (Å²) < 4.78 is 3.70. The molecule has 0 fully saturated rings. The molecule has 0 aliphatic carbocycles. The summed E-state index contributed by atoms with van der Waals surface area (Å²) in [6.45, 7) is 13.3. The standard InChI is InChI=1S/C21H30N6O/c1-7-14(4)26(15(5)8-2)21(28)18-13-24-27-19(10-11-22-20(18)27)17-12-23-25(9-3)16(17)6/h10-15H,7-9H2,1-6H3. The van der Waals surface area contributed by atoms with E-state index in [1.807, 2.05) is 28.8 Å². The molecule has 0 N–H and O–H groups in total. The first-order valence-electron chi connectivity index (χ1n) is 10.1. The molecule has 150 valence electrons. The van der Waals surface area contributed by atoms with Crippen molar-refractivity contribution in [1.29, 1.82) is 0 Å². The second-order valence-corrected chi connectivity index (χ2v) is 7.31. The predicted octanol–water partition coefficient (Wildman–Crippen LogP) is 3.96. The molecule has 0 radical (unpaired) electrons. The fourth-order valence-corrected chi connectivity index (χ4v) is 3.63. The van der Waals surface area contributed by atoms with Gasteiger partial charge in [0.1, 0.15) is 5.56 Å². The van der Waals surface area contributed by atoms with Crippen molar-refractivity contribution in [3.05, 3.63) is 35.9 Å². The van der Waals surface area contributed by atoms with Gasteiger partial charge in [0, 0.05) is 36.1 Å². The third-order valence-corrected chi connectivity index (χ3v) is 5.68. The highest BCUT2D eigenvalue weighted by atomic mass is 16.2. The zero-order valence-electron chi connectivity index (χ0n) is 17.7. The average molecular weight is 383 g/mol. The predicted molar refractivity (Wildman–Crippen MR) is 110 cm³/mol. The normalized spacial score (nSPS) is 13.6. The van der Waals surface area contributed by atoms with Crippen molar-refractivity contribution in [1.82, 2.24) is 29.3 Å². The van der Waals surface area contributed by atoms with Crippen LogP contribution >= 0.6 is 0 Å². The second kappa shape index (κ2) is 8.12. The number of aryl methyl sites for hydroxylation is 1. The van der Waals surface area contributed by atoms with Crippen molar-refractivity contribution in [2.45, 2.75) is 73.0 Å². The molecular formula is C21H30N6O. The second-order valence-electron chi connectivity index (χ2n) is 7.31. The molecule has 0 aromatic carbocycles. The van der Waals surface area contributed by atoms with Crippen LogP contribution in [0.2, 0.25) is 0 Å². The third kappa shape index (κ3) is 3.30. The van der Waals surface area contributed by atoms with Crippen molar-refractivity contribution < 1.29 is 4.79 Å². The lowest BCUT2D eigenvalue weighted by Gasteiger charge is -2.33. The first kappa shape index (κ1) is 20.0. The van der Waals surface area contributed by atoms with Crippen LogP contribution in [0.5, 0.6) is 0 Å². The van der Waals surface area contributed by atoms with E-state index in [2.05, 4.69) is 49.8 Å². The molecule has 3 aromatic rings. The maximum Gasteiger partial charge on any atom is 0.259 e. The first-order valence-corrected chi connectivity index (χ1v) is 10.1. The molecule has 3 heterocycles. The van der Waals surface area contributed by atoms with E-state index in [-0.39, 0.29) is 18.0 Å². The van der Waals surface area contributed by atoms with Gasteiger partial charge in [-0.2, -0.15) is 10.2 Å². The minimum Gasteiger partial charge on any atom is -0.333 e. The Labute approximate surface area is 166 Å². The van der Waals surface area contributed by atoms with Crippen molar-refractivity contribution in [3.8, 4) is 11.3 Å². The molecule has 0 bridgehead atoms. The zero-order chi connectivity index (χ0) is 20.4. The molecular weight excluding hydrogens is 352 g/mol. The van der Waals surface area contributed by atoms with Gasteiger partial charge in [0.05, 0.1) is 18.1 Å². The van der Waals surface area contributed by atoms with Crippen molar-refractivity contribution in [2.24, 2.45) is 0 Å². The van der Waals surface area contributed by atoms with Gasteiger partial charge in [-0.1, -0.05) is 13.8 Å². The highest BCUT2D eigenvalue weighted by Gasteiger charge is 2.28. The van der Waals surface area contributed by atoms with Crippen LogP contribution in [0.4, 0.5) is 0 Å². The van der Waals surface area contributed by atoms with Crippen molar-refractivity contribution >= 4 is 11.6 Å². The van der Waals surface area contributed by atoms with E-state index in [0.29, 0.717) is 11.2 Å². The maximum absolute atomic E-state index is 13.4. The topological polar surface area (TPSA) is 68.3 Å². The van der Waals surface area contributed by atoms with E-state index in [4.69, 9.17) is 0 Å². The van der Waals surface area contributed by atoms with Crippen molar-refractivity contribution in [3.63, 3.8) is 0 Å². The summed E-state index contributed by atoms with van der Waals surface area (Å²) in [5, 5.41) is 8.95. The smallest absolute Gasteiger partial charge is 0.259 e. The number of fused-ring (bicyclic) bond motifs is 1. The number of hydrogen-bond acceptors (Lipinski definition) is 4. The summed E-state index contributed by atoms with van der Waals surface area (Å²) >= 11 is 0. The Morgan fingerprint density at radius 1 is 1.11 bits per heavy atom. The van der Waals surface area contributed by atoms with Crippen molar-refractivity contribution in [2.75, 3.05) is 0 Å². The molecule has 0 aliphatic rings. The zero-order valence-corrected chi connectivity index (χ0v) is 17.7. The van der Waals surface area contributed by atoms with E-state index >= 15 is 0 Å². The molecule has 2 unspecified atom stereocenters. The maximum atomic E-state index is 13.4. The van der Waals surface area contributed by atoms with Gasteiger partial charge in [-0.15, -0.1) is 0 Å². The fourth-order valence-electron chi connectivity index (χ4n) is 3.63. The molecule has 7 nitrogen and oxygen atoms in total. The minimum atomic E-state index is -0.00988. The van der Waals surface area contributed by atoms with Crippen LogP contribution in [0.25, 0.3) is 16.9 Å². The number of amides is 1. The quantitative estimate of drug-likeness (QED) is 0.620. The summed E-state index contributed by atoms with van der Waals surface area (Å²) in [6, 6.07) is 2.23. The Morgan fingerprint density at radius 3 is 2.36 bits per heavy atom. The number of carbonyl (C=O) groups excluding carboxylic acids is 1. The van der Waals surface area contributed by atoms with Gasteiger partial charge >= 0.3 is 0 Å². The summed E-state index contributed by atoms with van der Waals surface area (Å²) in [7, 11) is 0. The first-order chi connectivity index (χ1) is 13.4. The summed E-state index contributed by atoms with van der Waals surface area (Å²) in [4.78, 5) is 19.8. The lowest BCUT2D eigenvalue weighted by atomic mass is 10.1. The molecule has 2 atom stereocenters. The van der Waals surface area contributed by atoms with E-state index in [9.17, 15) is 4.79 Å². The number of hydrogen-bond donors (Lipinski definition) is 0. The molecule has 1 amide bonds. The molecule has 3 rings (SSSR count). The Balaban J connectivity index is 2.09. The number of rotatable bonds is 7. The van der Waals surface area contributed by atoms with E-state index in [0.717, 1.165) is 36.3 Å². The van der Waals surface area contributed by atoms with E-state index in [1.165, 1.54) is 0 Å². The fraction of sp³-hybridized carbons (Fsp3) is 0.524. The molecule has 0 aliphatic heterocycles. The lowest BCUT2D eigenvalue weighted by Crippen LogP contribution is -2.44. The largest absolute Gasteiger partial charge is 0.333 e. The molecule has 0 saturated carbocycles. The van der Waals surface area contributed by atoms with Crippen LogP contribution in [0.1, 0.15) is 63.5 Å². The van der Waals surface area contributed by atoms with Crippen LogP contribution < -0.4 is 0 Å². The average Bonchev–Trinajstić information content (AvgIpc) is 3.30. The highest BCUT2D eigenvalue weighted by molar-refractivity contribution is 6.00. The van der Waals surface area contributed by atoms with Gasteiger partial charge in [0.25, 0.3) is 5.91 Å². The van der Waals surface area contributed by atoms with Crippen LogP contribution in [0, 0.1) is 6.92 Å². The monoisotopic (exact) mass is 382 g/mol. The van der Waals surface area contributed by atoms with Crippen LogP contribution in [0.15, 0.2) is 24.7 Å². The molecule has 0 saturated heterocycles. The Kier molecular flexibility index (Phi) is 5.82. The Morgan fingerprint density at radius 2 is 1.79 bits per heavy atom. The van der Waals surface area contributed by atoms with Gasteiger partial charge in [-0.3, -0.25) is 9.48 Å². The number of aromatic nitrogens is 5. The van der Waals surface area contributed by atoms with Crippen LogP contribution in [-0.2, 0) is 6.54 Å². The van der Waals surface area contributed by atoms with Crippen LogP contribution in [0.3, 0.4) is 0 Å². The van der Waals surface area contributed by atoms with Gasteiger partial charge in [-0.25, -0.2) is 9.50 Å². The molecule has 7 heteroatoms. The Bertz CT molecular complexity index is 963. The molecule has 3 aromatic heterocycles. The molecule has 28 heavy (non-hydrogen) atoms. The van der Waals surface area contributed by atoms with Gasteiger partial charge < -0.3 is 4.90 Å². The number of carbonyl (C=O) groups is 1. The van der Waals surface area contributed by atoms with Gasteiger partial charge in [0.15, 0.2) is 5.65 Å². The lowest BCUT2D eigenvalue weighted by molar-refractivity contribution is 0.0600. The summed E-state index contributed by atoms with van der Waals surface area (Å²) in [6.07, 6.45) is 7.04. The highest BCUT2D eigenvalue weighted by Crippen LogP contribution is 2.25. The Hall–Kier alpha value is -2.70.